The second-order valence-electron chi connectivity index (χ2n) is 9.71. The van der Waals surface area contributed by atoms with Gasteiger partial charge in [-0.15, -0.1) is 10.2 Å². The lowest BCUT2D eigenvalue weighted by Crippen LogP contribution is -2.64. The van der Waals surface area contributed by atoms with Crippen molar-refractivity contribution in [1.82, 2.24) is 15.2 Å². The maximum absolute atomic E-state index is 10.5. The molecule has 1 aliphatic carbocycles. The summed E-state index contributed by atoms with van der Waals surface area (Å²) in [5.41, 5.74) is 3.28. The molecule has 1 unspecified atom stereocenters. The minimum atomic E-state index is -0.483. The Hall–Kier alpha value is -2.18. The molecule has 1 aliphatic heterocycles. The van der Waals surface area contributed by atoms with E-state index in [4.69, 9.17) is 0 Å². The second kappa shape index (κ2) is 6.96. The van der Waals surface area contributed by atoms with Gasteiger partial charge in [-0.05, 0) is 95.2 Å². The normalized spacial score (nSPS) is 23.0. The van der Waals surface area contributed by atoms with Crippen LogP contribution < -0.4 is 5.01 Å². The second-order valence-corrected chi connectivity index (χ2v) is 9.71. The molecule has 2 N–H and O–H groups in total. The highest BCUT2D eigenvalue weighted by Gasteiger charge is 2.44. The molecule has 1 fully saturated rings. The molecule has 6 nitrogen and oxygen atoms in total. The lowest BCUT2D eigenvalue weighted by Gasteiger charge is -2.56. The zero-order valence-electron chi connectivity index (χ0n) is 18.1. The average Bonchev–Trinajstić information content (AvgIpc) is 2.99. The number of hydrazine groups is 1. The molecule has 0 bridgehead atoms. The predicted molar refractivity (Wildman–Crippen MR) is 115 cm³/mol. The first kappa shape index (κ1) is 20.1. The van der Waals surface area contributed by atoms with E-state index in [1.165, 1.54) is 6.42 Å². The maximum atomic E-state index is 10.5. The van der Waals surface area contributed by atoms with Crippen LogP contribution in [0.5, 0.6) is 5.75 Å². The third-order valence-corrected chi connectivity index (χ3v) is 6.59. The number of rotatable bonds is 3. The summed E-state index contributed by atoms with van der Waals surface area (Å²) in [6, 6.07) is 7.48. The molecule has 1 aromatic carbocycles. The van der Waals surface area contributed by atoms with Crippen molar-refractivity contribution in [2.45, 2.75) is 77.0 Å². The zero-order valence-corrected chi connectivity index (χ0v) is 18.1. The Morgan fingerprint density at radius 1 is 1.07 bits per heavy atom. The molecule has 1 aromatic heterocycles. The molecule has 0 radical (unpaired) electrons. The van der Waals surface area contributed by atoms with Crippen LogP contribution in [-0.4, -0.2) is 43.5 Å². The van der Waals surface area contributed by atoms with E-state index in [-0.39, 0.29) is 16.8 Å². The van der Waals surface area contributed by atoms with Gasteiger partial charge < -0.3 is 10.2 Å². The van der Waals surface area contributed by atoms with Crippen molar-refractivity contribution in [2.24, 2.45) is 0 Å². The van der Waals surface area contributed by atoms with E-state index in [1.807, 2.05) is 25.2 Å². The van der Waals surface area contributed by atoms with E-state index in [0.717, 1.165) is 36.2 Å². The van der Waals surface area contributed by atoms with Crippen LogP contribution in [0.4, 0.5) is 5.82 Å². The van der Waals surface area contributed by atoms with Crippen LogP contribution in [0.1, 0.15) is 70.6 Å². The van der Waals surface area contributed by atoms with Gasteiger partial charge >= 0.3 is 0 Å². The minimum absolute atomic E-state index is 0.0376. The van der Waals surface area contributed by atoms with Gasteiger partial charge in [-0.1, -0.05) is 0 Å². The maximum Gasteiger partial charge on any atom is 0.165 e. The SMILES string of the molecule is CN(c1ccc(-c2cc3c(cc2O)C(O)CC3)nn1)N1C(C)(C)CCCC1(C)C. The van der Waals surface area contributed by atoms with Gasteiger partial charge in [0.2, 0.25) is 0 Å². The summed E-state index contributed by atoms with van der Waals surface area (Å²) in [4.78, 5) is 0. The number of phenolic OH excluding ortho intramolecular Hbond substituents is 1. The van der Waals surface area contributed by atoms with Crippen molar-refractivity contribution in [2.75, 3.05) is 12.1 Å². The Morgan fingerprint density at radius 2 is 1.76 bits per heavy atom. The minimum Gasteiger partial charge on any atom is -0.507 e. The number of piperidine rings is 1. The number of hydrogen-bond acceptors (Lipinski definition) is 6. The number of aryl methyl sites for hydroxylation is 1. The molecule has 2 heterocycles. The number of anilines is 1. The molecule has 0 saturated carbocycles. The number of benzene rings is 1. The van der Waals surface area contributed by atoms with Gasteiger partial charge in [-0.2, -0.15) is 0 Å². The van der Waals surface area contributed by atoms with Gasteiger partial charge in [-0.25, -0.2) is 5.01 Å². The molecule has 2 aliphatic rings. The van der Waals surface area contributed by atoms with Crippen LogP contribution in [0.25, 0.3) is 11.3 Å². The third-order valence-electron chi connectivity index (χ3n) is 6.59. The van der Waals surface area contributed by atoms with Crippen molar-refractivity contribution in [3.63, 3.8) is 0 Å². The Kier molecular flexibility index (Phi) is 4.82. The number of fused-ring (bicyclic) bond motifs is 1. The van der Waals surface area contributed by atoms with Crippen LogP contribution in [0.2, 0.25) is 0 Å². The number of aromatic nitrogens is 2. The Morgan fingerprint density at radius 3 is 2.38 bits per heavy atom. The van der Waals surface area contributed by atoms with Crippen LogP contribution in [0.3, 0.4) is 0 Å². The highest BCUT2D eigenvalue weighted by atomic mass is 16.3. The first-order chi connectivity index (χ1) is 13.6. The van der Waals surface area contributed by atoms with E-state index in [0.29, 0.717) is 17.7 Å². The van der Waals surface area contributed by atoms with Gasteiger partial charge in [0.15, 0.2) is 5.82 Å². The highest BCUT2D eigenvalue weighted by Crippen LogP contribution is 2.41. The summed E-state index contributed by atoms with van der Waals surface area (Å²) in [6.07, 6.45) is 4.54. The Bertz CT molecular complexity index is 892. The summed E-state index contributed by atoms with van der Waals surface area (Å²) >= 11 is 0. The molecule has 1 saturated heterocycles. The van der Waals surface area contributed by atoms with Crippen molar-refractivity contribution in [1.29, 1.82) is 0 Å². The number of aromatic hydroxyl groups is 1. The fraction of sp³-hybridized carbons (Fsp3) is 0.565. The molecule has 2 aromatic rings. The lowest BCUT2D eigenvalue weighted by molar-refractivity contribution is -0.0332. The monoisotopic (exact) mass is 396 g/mol. The molecule has 156 valence electrons. The molecule has 1 atom stereocenters. The predicted octanol–water partition coefficient (Wildman–Crippen LogP) is 4.22. The van der Waals surface area contributed by atoms with Crippen LogP contribution >= 0.6 is 0 Å². The number of hydrogen-bond donors (Lipinski definition) is 2. The van der Waals surface area contributed by atoms with Crippen LogP contribution in [-0.2, 0) is 6.42 Å². The van der Waals surface area contributed by atoms with Gasteiger partial charge in [0.05, 0.1) is 11.8 Å². The fourth-order valence-electron chi connectivity index (χ4n) is 5.37. The molecule has 4 rings (SSSR count). The number of aliphatic hydroxyl groups is 1. The largest absolute Gasteiger partial charge is 0.507 e. The van der Waals surface area contributed by atoms with Crippen LogP contribution in [0.15, 0.2) is 24.3 Å². The molecular formula is C23H32N4O2. The first-order valence-electron chi connectivity index (χ1n) is 10.5. The average molecular weight is 397 g/mol. The smallest absolute Gasteiger partial charge is 0.165 e. The van der Waals surface area contributed by atoms with Gasteiger partial charge in [0.1, 0.15) is 5.75 Å². The summed E-state index contributed by atoms with van der Waals surface area (Å²) in [6.45, 7) is 9.12. The Labute approximate surface area is 173 Å². The van der Waals surface area contributed by atoms with Crippen molar-refractivity contribution >= 4 is 5.82 Å². The quantitative estimate of drug-likeness (QED) is 0.809. The van der Waals surface area contributed by atoms with Gasteiger partial charge in [0, 0.05) is 23.7 Å². The molecule has 6 heteroatoms. The van der Waals surface area contributed by atoms with Crippen LogP contribution in [0, 0.1) is 0 Å². The number of aliphatic hydroxyl groups excluding tert-OH is 1. The summed E-state index contributed by atoms with van der Waals surface area (Å²) in [5.74, 6) is 0.922. The highest BCUT2D eigenvalue weighted by molar-refractivity contribution is 5.69. The molecular weight excluding hydrogens is 364 g/mol. The van der Waals surface area contributed by atoms with Crippen molar-refractivity contribution in [3.8, 4) is 17.0 Å². The number of phenols is 1. The summed E-state index contributed by atoms with van der Waals surface area (Å²) in [5, 5.41) is 33.9. The number of nitrogens with zero attached hydrogens (tertiary/aromatic N) is 4. The molecule has 29 heavy (non-hydrogen) atoms. The van der Waals surface area contributed by atoms with Crippen molar-refractivity contribution in [3.05, 3.63) is 35.4 Å². The zero-order chi connectivity index (χ0) is 21.0. The van der Waals surface area contributed by atoms with Gasteiger partial charge in [0.25, 0.3) is 0 Å². The fourth-order valence-corrected chi connectivity index (χ4v) is 5.37. The standard InChI is InChI=1S/C23H32N4O2/c1-22(2)11-6-12-23(3,4)27(22)26(5)21-10-8-18(24-25-21)17-13-15-7-9-19(28)16(15)14-20(17)29/h8,10,13-14,19,28-29H,6-7,9,11-12H2,1-5H3. The summed E-state index contributed by atoms with van der Waals surface area (Å²) in [7, 11) is 2.05. The topological polar surface area (TPSA) is 72.7 Å². The van der Waals surface area contributed by atoms with E-state index < -0.39 is 6.10 Å². The summed E-state index contributed by atoms with van der Waals surface area (Å²) < 4.78 is 0. The molecule has 0 amide bonds. The van der Waals surface area contributed by atoms with Gasteiger partial charge in [-0.3, -0.25) is 5.01 Å². The first-order valence-corrected chi connectivity index (χ1v) is 10.5. The lowest BCUT2D eigenvalue weighted by atomic mass is 9.81. The molecule has 0 spiro atoms. The Balaban J connectivity index is 1.63. The van der Waals surface area contributed by atoms with E-state index >= 15 is 0 Å². The third kappa shape index (κ3) is 3.49. The van der Waals surface area contributed by atoms with Crippen molar-refractivity contribution < 1.29 is 10.2 Å². The van der Waals surface area contributed by atoms with E-state index in [1.54, 1.807) is 6.07 Å². The van der Waals surface area contributed by atoms with E-state index in [2.05, 4.69) is 47.9 Å². The van der Waals surface area contributed by atoms with E-state index in [9.17, 15) is 10.2 Å².